The molecule has 0 aromatic heterocycles. The van der Waals surface area contributed by atoms with Gasteiger partial charge >= 0.3 is 7.87 Å². The van der Waals surface area contributed by atoms with Gasteiger partial charge in [0.25, 0.3) is 0 Å². The molecule has 94 valence electrons. The molecule has 0 aromatic rings. The van der Waals surface area contributed by atoms with E-state index < -0.39 is 7.87 Å². The molecule has 2 N–H and O–H groups in total. The lowest BCUT2D eigenvalue weighted by atomic mass is 10.5. The molecular weight excluding hydrogens is 231 g/mol. The molecule has 0 aliphatic carbocycles. The standard InChI is InChI=1S/C9H20N2O4P/c1-8(2)14-11(15-9(3)4)16(12,13)7-5-6-10/h8-9,12-13H,5,7H2,1-4H3/q+1. The molecule has 0 aliphatic heterocycles. The van der Waals surface area contributed by atoms with Gasteiger partial charge in [-0.15, -0.1) is 0 Å². The predicted molar refractivity (Wildman–Crippen MR) is 60.7 cm³/mol. The van der Waals surface area contributed by atoms with Crippen molar-refractivity contribution in [3.63, 3.8) is 0 Å². The van der Waals surface area contributed by atoms with Crippen LogP contribution in [0.25, 0.3) is 0 Å². The normalized spacial score (nSPS) is 12.5. The first-order valence-corrected chi connectivity index (χ1v) is 6.97. The van der Waals surface area contributed by atoms with E-state index in [4.69, 9.17) is 14.9 Å². The summed E-state index contributed by atoms with van der Waals surface area (Å²) < 4.78 is 0. The number of nitrogens with zero attached hydrogens (tertiary/aromatic N) is 2. The third-order valence-corrected chi connectivity index (χ3v) is 2.92. The van der Waals surface area contributed by atoms with E-state index in [2.05, 4.69) is 0 Å². The van der Waals surface area contributed by atoms with Crippen LogP contribution in [-0.4, -0.2) is 33.2 Å². The van der Waals surface area contributed by atoms with E-state index in [1.165, 1.54) is 0 Å². The summed E-state index contributed by atoms with van der Waals surface area (Å²) in [4.78, 5) is 30.7. The molecule has 0 aromatic carbocycles. The molecule has 0 amide bonds. The lowest BCUT2D eigenvalue weighted by Gasteiger charge is -2.25. The predicted octanol–water partition coefficient (Wildman–Crippen LogP) is 1.63. The average molecular weight is 251 g/mol. The van der Waals surface area contributed by atoms with Gasteiger partial charge in [0, 0.05) is 0 Å². The maximum absolute atomic E-state index is 9.79. The summed E-state index contributed by atoms with van der Waals surface area (Å²) in [5.41, 5.74) is 0. The Morgan fingerprint density at radius 3 is 1.94 bits per heavy atom. The van der Waals surface area contributed by atoms with Crippen LogP contribution in [0.1, 0.15) is 34.1 Å². The molecule has 0 unspecified atom stereocenters. The quantitative estimate of drug-likeness (QED) is 0.528. The summed E-state index contributed by atoms with van der Waals surface area (Å²) in [5, 5.41) is 8.42. The molecule has 16 heavy (non-hydrogen) atoms. The highest BCUT2D eigenvalue weighted by Crippen LogP contribution is 2.55. The Bertz CT molecular complexity index is 230. The van der Waals surface area contributed by atoms with Crippen LogP contribution in [-0.2, 0) is 9.68 Å². The van der Waals surface area contributed by atoms with Crippen molar-refractivity contribution in [1.29, 1.82) is 5.26 Å². The van der Waals surface area contributed by atoms with E-state index in [0.29, 0.717) is 0 Å². The molecule has 0 rings (SSSR count). The lowest BCUT2D eigenvalue weighted by molar-refractivity contribution is -0.342. The zero-order valence-corrected chi connectivity index (χ0v) is 11.0. The van der Waals surface area contributed by atoms with Gasteiger partial charge in [-0.1, -0.05) is 0 Å². The Morgan fingerprint density at radius 2 is 1.62 bits per heavy atom. The van der Waals surface area contributed by atoms with Crippen LogP contribution in [0.3, 0.4) is 0 Å². The van der Waals surface area contributed by atoms with E-state index in [1.54, 1.807) is 27.7 Å². The molecule has 0 heterocycles. The highest BCUT2D eigenvalue weighted by Gasteiger charge is 2.46. The van der Waals surface area contributed by atoms with Crippen molar-refractivity contribution in [3.05, 3.63) is 0 Å². The van der Waals surface area contributed by atoms with Gasteiger partial charge in [0.15, 0.2) is 0 Å². The molecular formula is C9H20N2O4P+. The minimum atomic E-state index is -3.51. The van der Waals surface area contributed by atoms with Crippen LogP contribution < -0.4 is 0 Å². The monoisotopic (exact) mass is 251 g/mol. The van der Waals surface area contributed by atoms with E-state index in [9.17, 15) is 9.79 Å². The van der Waals surface area contributed by atoms with Crippen LogP contribution in [0.2, 0.25) is 0 Å². The SMILES string of the molecule is CC(C)ON(OC(C)C)[P+](O)(O)CCC#N. The summed E-state index contributed by atoms with van der Waals surface area (Å²) in [5.74, 6) is 0. The highest BCUT2D eigenvalue weighted by molar-refractivity contribution is 7.61. The van der Waals surface area contributed by atoms with Gasteiger partial charge in [-0.05, 0) is 27.7 Å². The highest BCUT2D eigenvalue weighted by atomic mass is 31.2. The Kier molecular flexibility index (Phi) is 7.00. The summed E-state index contributed by atoms with van der Waals surface area (Å²) in [6.07, 6.45) is -0.498. The van der Waals surface area contributed by atoms with Gasteiger partial charge in [-0.25, -0.2) is 9.68 Å². The minimum Gasteiger partial charge on any atom is -0.236 e. The zero-order valence-electron chi connectivity index (χ0n) is 10.1. The smallest absolute Gasteiger partial charge is 0.236 e. The van der Waals surface area contributed by atoms with Crippen LogP contribution in [0.15, 0.2) is 0 Å². The number of rotatable bonds is 7. The number of hydrogen-bond donors (Lipinski definition) is 2. The van der Waals surface area contributed by atoms with Gasteiger partial charge in [-0.3, -0.25) is 0 Å². The van der Waals surface area contributed by atoms with Crippen molar-refractivity contribution in [3.8, 4) is 6.07 Å². The third kappa shape index (κ3) is 6.33. The van der Waals surface area contributed by atoms with Gasteiger partial charge in [0.1, 0.15) is 11.2 Å². The summed E-state index contributed by atoms with van der Waals surface area (Å²) in [6.45, 7) is 7.00. The second-order valence-electron chi connectivity index (χ2n) is 3.87. The van der Waals surface area contributed by atoms with Crippen molar-refractivity contribution in [2.75, 3.05) is 6.16 Å². The Labute approximate surface area is 96.8 Å². The minimum absolute atomic E-state index is 0.0419. The fraction of sp³-hybridized carbons (Fsp3) is 0.889. The Morgan fingerprint density at radius 1 is 1.19 bits per heavy atom. The average Bonchev–Trinajstić information content (AvgIpc) is 2.12. The van der Waals surface area contributed by atoms with Crippen molar-refractivity contribution in [1.82, 2.24) is 5.00 Å². The summed E-state index contributed by atoms with van der Waals surface area (Å²) in [6, 6.07) is 1.86. The molecule has 0 bridgehead atoms. The molecule has 0 radical (unpaired) electrons. The second kappa shape index (κ2) is 7.13. The first-order valence-electron chi connectivity index (χ1n) is 5.14. The van der Waals surface area contributed by atoms with Crippen molar-refractivity contribution < 1.29 is 19.5 Å². The molecule has 6 nitrogen and oxygen atoms in total. The molecule has 0 atom stereocenters. The van der Waals surface area contributed by atoms with Gasteiger partial charge < -0.3 is 0 Å². The van der Waals surface area contributed by atoms with Crippen LogP contribution in [0, 0.1) is 11.3 Å². The van der Waals surface area contributed by atoms with Crippen molar-refractivity contribution in [2.24, 2.45) is 0 Å². The Hall–Kier alpha value is -0.280. The fourth-order valence-electron chi connectivity index (χ4n) is 0.818. The maximum Gasteiger partial charge on any atom is 0.399 e. The van der Waals surface area contributed by atoms with E-state index in [-0.39, 0.29) is 24.8 Å². The number of hydrogen-bond acceptors (Lipinski definition) is 6. The fourth-order valence-corrected chi connectivity index (χ4v) is 2.06. The summed E-state index contributed by atoms with van der Waals surface area (Å²) >= 11 is 0. The topological polar surface area (TPSA) is 86.0 Å². The largest absolute Gasteiger partial charge is 0.399 e. The molecule has 0 fully saturated rings. The van der Waals surface area contributed by atoms with E-state index in [1.807, 2.05) is 6.07 Å². The Balaban J connectivity index is 4.52. The maximum atomic E-state index is 9.79. The van der Waals surface area contributed by atoms with Gasteiger partial charge in [0.05, 0.1) is 24.7 Å². The molecule has 0 aliphatic rings. The van der Waals surface area contributed by atoms with E-state index >= 15 is 0 Å². The molecule has 0 saturated carbocycles. The second-order valence-corrected chi connectivity index (χ2v) is 6.03. The van der Waals surface area contributed by atoms with Crippen LogP contribution in [0.4, 0.5) is 0 Å². The molecule has 0 saturated heterocycles. The lowest BCUT2D eigenvalue weighted by Crippen LogP contribution is -2.31. The zero-order chi connectivity index (χ0) is 12.8. The van der Waals surface area contributed by atoms with Crippen LogP contribution >= 0.6 is 7.87 Å². The molecule has 0 spiro atoms. The van der Waals surface area contributed by atoms with Gasteiger partial charge in [-0.2, -0.15) is 15.0 Å². The van der Waals surface area contributed by atoms with Crippen molar-refractivity contribution >= 4 is 7.87 Å². The summed E-state index contributed by atoms with van der Waals surface area (Å²) in [7, 11) is -3.51. The van der Waals surface area contributed by atoms with E-state index in [0.717, 1.165) is 5.00 Å². The molecule has 7 heteroatoms. The third-order valence-electron chi connectivity index (χ3n) is 1.39. The number of nitriles is 1. The van der Waals surface area contributed by atoms with Gasteiger partial charge in [0.2, 0.25) is 0 Å². The van der Waals surface area contributed by atoms with Crippen LogP contribution in [0.5, 0.6) is 0 Å². The van der Waals surface area contributed by atoms with Crippen molar-refractivity contribution in [2.45, 2.75) is 46.3 Å². The first-order chi connectivity index (χ1) is 7.29. The first kappa shape index (κ1) is 15.7.